The Morgan fingerprint density at radius 2 is 1.93 bits per heavy atom. The molecule has 1 aromatic heterocycles. The lowest BCUT2D eigenvalue weighted by Crippen LogP contribution is -1.70. The first-order valence-corrected chi connectivity index (χ1v) is 4.54. The minimum Gasteiger partial charge on any atom is -0.449 e. The maximum atomic E-state index is 8.72. The third-order valence-electron chi connectivity index (χ3n) is 1.89. The van der Waals surface area contributed by atoms with Crippen LogP contribution < -0.4 is 0 Å². The molecule has 0 N–H and O–H groups in total. The molecule has 68 valence electrons. The number of hydrogen-bond acceptors (Lipinski definition) is 3. The molecule has 0 aliphatic heterocycles. The zero-order chi connectivity index (χ0) is 9.97. The summed E-state index contributed by atoms with van der Waals surface area (Å²) >= 11 is 4.06. The highest BCUT2D eigenvalue weighted by molar-refractivity contribution is 7.80. The first-order valence-electron chi connectivity index (χ1n) is 4.09. The van der Waals surface area contributed by atoms with E-state index in [9.17, 15) is 0 Å². The van der Waals surface area contributed by atoms with E-state index in [1.54, 1.807) is 6.07 Å². The number of nitrogens with zero attached hydrogens (tertiary/aromatic N) is 1. The second-order valence-electron chi connectivity index (χ2n) is 2.81. The van der Waals surface area contributed by atoms with Crippen LogP contribution in [0.3, 0.4) is 0 Å². The van der Waals surface area contributed by atoms with Gasteiger partial charge in [-0.1, -0.05) is 30.3 Å². The number of hydrogen-bond donors (Lipinski definition) is 1. The summed E-state index contributed by atoms with van der Waals surface area (Å²) in [5, 5.41) is 9.09. The zero-order valence-corrected chi connectivity index (χ0v) is 8.16. The second kappa shape index (κ2) is 3.60. The highest BCUT2D eigenvalue weighted by Gasteiger charge is 2.08. The van der Waals surface area contributed by atoms with Gasteiger partial charge < -0.3 is 4.42 Å². The van der Waals surface area contributed by atoms with Crippen molar-refractivity contribution >= 4 is 12.6 Å². The van der Waals surface area contributed by atoms with E-state index in [-0.39, 0.29) is 0 Å². The van der Waals surface area contributed by atoms with E-state index in [0.717, 1.165) is 5.56 Å². The molecule has 2 aromatic rings. The molecular formula is C11H7NOS. The van der Waals surface area contributed by atoms with E-state index < -0.39 is 0 Å². The summed E-state index contributed by atoms with van der Waals surface area (Å²) in [7, 11) is 0. The Balaban J connectivity index is 2.50. The number of rotatable bonds is 1. The maximum Gasteiger partial charge on any atom is 0.175 e. The number of furan rings is 1. The van der Waals surface area contributed by atoms with E-state index in [1.165, 1.54) is 0 Å². The summed E-state index contributed by atoms with van der Waals surface area (Å²) in [6.07, 6.45) is 0. The standard InChI is InChI=1S/C11H7NOS/c12-7-9-6-10(13-11(9)14)8-4-2-1-3-5-8/h1-6,14H. The summed E-state index contributed by atoms with van der Waals surface area (Å²) in [6.45, 7) is 0. The van der Waals surface area contributed by atoms with Crippen molar-refractivity contribution in [2.75, 3.05) is 0 Å². The zero-order valence-electron chi connectivity index (χ0n) is 7.27. The van der Waals surface area contributed by atoms with Crippen LogP contribution in [0.5, 0.6) is 0 Å². The van der Waals surface area contributed by atoms with Crippen molar-refractivity contribution in [1.82, 2.24) is 0 Å². The quantitative estimate of drug-likeness (QED) is 0.720. The predicted octanol–water partition coefficient (Wildman–Crippen LogP) is 3.11. The van der Waals surface area contributed by atoms with Crippen molar-refractivity contribution in [3.63, 3.8) is 0 Å². The van der Waals surface area contributed by atoms with Crippen molar-refractivity contribution < 1.29 is 4.42 Å². The summed E-state index contributed by atoms with van der Waals surface area (Å²) in [4.78, 5) is 0. The van der Waals surface area contributed by atoms with E-state index in [0.29, 0.717) is 16.4 Å². The van der Waals surface area contributed by atoms with Gasteiger partial charge in [-0.2, -0.15) is 5.26 Å². The molecule has 14 heavy (non-hydrogen) atoms. The molecule has 0 saturated carbocycles. The molecule has 0 radical (unpaired) electrons. The van der Waals surface area contributed by atoms with E-state index in [4.69, 9.17) is 9.68 Å². The molecule has 2 nitrogen and oxygen atoms in total. The van der Waals surface area contributed by atoms with Gasteiger partial charge in [-0.15, -0.1) is 12.6 Å². The highest BCUT2D eigenvalue weighted by atomic mass is 32.1. The van der Waals surface area contributed by atoms with Crippen molar-refractivity contribution in [2.24, 2.45) is 0 Å². The van der Waals surface area contributed by atoms with Crippen LogP contribution in [0.15, 0.2) is 45.9 Å². The molecule has 0 aliphatic carbocycles. The lowest BCUT2D eigenvalue weighted by atomic mass is 10.1. The molecular weight excluding hydrogens is 194 g/mol. The van der Waals surface area contributed by atoms with Gasteiger partial charge in [-0.3, -0.25) is 0 Å². The van der Waals surface area contributed by atoms with Gasteiger partial charge in [0.1, 0.15) is 17.4 Å². The van der Waals surface area contributed by atoms with Crippen LogP contribution in [0.25, 0.3) is 11.3 Å². The normalized spacial score (nSPS) is 9.71. The SMILES string of the molecule is N#Cc1cc(-c2ccccc2)oc1S. The fraction of sp³-hybridized carbons (Fsp3) is 0. The van der Waals surface area contributed by atoms with Crippen molar-refractivity contribution in [3.05, 3.63) is 42.0 Å². The Bertz CT molecular complexity index is 482. The molecule has 0 fully saturated rings. The van der Waals surface area contributed by atoms with Crippen LogP contribution in [0.4, 0.5) is 0 Å². The smallest absolute Gasteiger partial charge is 0.175 e. The topological polar surface area (TPSA) is 36.9 Å². The Morgan fingerprint density at radius 3 is 2.50 bits per heavy atom. The van der Waals surface area contributed by atoms with Crippen molar-refractivity contribution in [1.29, 1.82) is 5.26 Å². The van der Waals surface area contributed by atoms with Gasteiger partial charge in [0.25, 0.3) is 0 Å². The van der Waals surface area contributed by atoms with Crippen LogP contribution in [0, 0.1) is 11.3 Å². The monoisotopic (exact) mass is 201 g/mol. The lowest BCUT2D eigenvalue weighted by molar-refractivity contribution is 0.488. The van der Waals surface area contributed by atoms with E-state index in [1.807, 2.05) is 36.4 Å². The minimum atomic E-state index is 0.367. The average Bonchev–Trinajstić information content (AvgIpc) is 2.61. The molecule has 0 amide bonds. The fourth-order valence-electron chi connectivity index (χ4n) is 1.21. The summed E-state index contributed by atoms with van der Waals surface area (Å²) in [5.41, 5.74) is 1.41. The molecule has 0 atom stereocenters. The molecule has 2 rings (SSSR count). The van der Waals surface area contributed by atoms with Gasteiger partial charge in [0, 0.05) is 11.6 Å². The third-order valence-corrected chi connectivity index (χ3v) is 2.22. The van der Waals surface area contributed by atoms with Crippen LogP contribution in [-0.4, -0.2) is 0 Å². The largest absolute Gasteiger partial charge is 0.449 e. The number of thiol groups is 1. The van der Waals surface area contributed by atoms with Gasteiger partial charge in [0.15, 0.2) is 5.09 Å². The fourth-order valence-corrected chi connectivity index (χ4v) is 1.42. The summed E-state index contributed by atoms with van der Waals surface area (Å²) in [6, 6.07) is 13.3. The van der Waals surface area contributed by atoms with E-state index in [2.05, 4.69) is 12.6 Å². The lowest BCUT2D eigenvalue weighted by Gasteiger charge is -1.93. The molecule has 0 saturated heterocycles. The van der Waals surface area contributed by atoms with Crippen LogP contribution in [0.2, 0.25) is 0 Å². The summed E-state index contributed by atoms with van der Waals surface area (Å²) < 4.78 is 5.33. The van der Waals surface area contributed by atoms with Gasteiger partial charge in [-0.25, -0.2) is 0 Å². The van der Waals surface area contributed by atoms with Crippen molar-refractivity contribution in [3.8, 4) is 17.4 Å². The Kier molecular flexibility index (Phi) is 2.30. The molecule has 3 heteroatoms. The Labute approximate surface area is 87.2 Å². The highest BCUT2D eigenvalue weighted by Crippen LogP contribution is 2.26. The Hall–Kier alpha value is -1.66. The first-order chi connectivity index (χ1) is 6.81. The molecule has 1 heterocycles. The number of nitriles is 1. The van der Waals surface area contributed by atoms with E-state index >= 15 is 0 Å². The molecule has 0 bridgehead atoms. The maximum absolute atomic E-state index is 8.72. The van der Waals surface area contributed by atoms with Crippen LogP contribution in [-0.2, 0) is 0 Å². The van der Waals surface area contributed by atoms with Crippen molar-refractivity contribution in [2.45, 2.75) is 5.09 Å². The number of benzene rings is 1. The van der Waals surface area contributed by atoms with Gasteiger partial charge >= 0.3 is 0 Å². The van der Waals surface area contributed by atoms with Crippen LogP contribution >= 0.6 is 12.6 Å². The van der Waals surface area contributed by atoms with Gasteiger partial charge in [0.2, 0.25) is 0 Å². The molecule has 0 aliphatic rings. The minimum absolute atomic E-state index is 0.367. The van der Waals surface area contributed by atoms with Crippen LogP contribution in [0.1, 0.15) is 5.56 Å². The average molecular weight is 201 g/mol. The second-order valence-corrected chi connectivity index (χ2v) is 3.21. The van der Waals surface area contributed by atoms with Gasteiger partial charge in [0.05, 0.1) is 0 Å². The molecule has 0 unspecified atom stereocenters. The van der Waals surface area contributed by atoms with Gasteiger partial charge in [-0.05, 0) is 0 Å². The first kappa shape index (κ1) is 8.92. The molecule has 0 spiro atoms. The predicted molar refractivity (Wildman–Crippen MR) is 56.1 cm³/mol. The third kappa shape index (κ3) is 1.52. The molecule has 1 aromatic carbocycles. The Morgan fingerprint density at radius 1 is 1.21 bits per heavy atom. The summed E-state index contributed by atoms with van der Waals surface area (Å²) in [5.74, 6) is 0.673.